The number of likely N-dealkylation sites (tertiary alicyclic amines) is 2. The van der Waals surface area contributed by atoms with Gasteiger partial charge < -0.3 is 9.80 Å². The minimum absolute atomic E-state index is 0.158. The zero-order valence-electron chi connectivity index (χ0n) is 15.6. The molecular weight excluding hydrogens is 344 g/mol. The fraction of sp³-hybridized carbons (Fsp3) is 0.619. The van der Waals surface area contributed by atoms with Crippen LogP contribution in [-0.4, -0.2) is 54.0 Å². The molecule has 2 heterocycles. The second kappa shape index (κ2) is 7.26. The van der Waals surface area contributed by atoms with Gasteiger partial charge in [-0.2, -0.15) is 0 Å². The summed E-state index contributed by atoms with van der Waals surface area (Å²) in [4.78, 5) is 31.1. The van der Waals surface area contributed by atoms with Crippen LogP contribution in [0.4, 0.5) is 0 Å². The Kier molecular flexibility index (Phi) is 5.00. The van der Waals surface area contributed by atoms with Gasteiger partial charge in [-0.1, -0.05) is 12.1 Å². The zero-order chi connectivity index (χ0) is 18.1. The molecule has 1 spiro atoms. The summed E-state index contributed by atoms with van der Waals surface area (Å²) in [5, 5.41) is 0. The Labute approximate surface area is 160 Å². The highest BCUT2D eigenvalue weighted by atomic mass is 32.2. The van der Waals surface area contributed by atoms with Crippen LogP contribution in [0.15, 0.2) is 29.2 Å². The van der Waals surface area contributed by atoms with E-state index in [4.69, 9.17) is 0 Å². The van der Waals surface area contributed by atoms with Crippen molar-refractivity contribution in [2.75, 3.05) is 32.4 Å². The van der Waals surface area contributed by atoms with Crippen LogP contribution in [0.2, 0.25) is 0 Å². The molecule has 2 saturated heterocycles. The largest absolute Gasteiger partial charge is 0.342 e. The number of benzene rings is 1. The summed E-state index contributed by atoms with van der Waals surface area (Å²) in [5.74, 6) is 1.21. The second-order valence-corrected chi connectivity index (χ2v) is 9.05. The molecule has 1 aromatic carbocycles. The quantitative estimate of drug-likeness (QED) is 0.745. The predicted octanol–water partition coefficient (Wildman–Crippen LogP) is 3.20. The van der Waals surface area contributed by atoms with Gasteiger partial charge in [-0.3, -0.25) is 9.59 Å². The van der Waals surface area contributed by atoms with Crippen molar-refractivity contribution in [3.05, 3.63) is 29.8 Å². The topological polar surface area (TPSA) is 40.6 Å². The van der Waals surface area contributed by atoms with E-state index in [1.54, 1.807) is 11.8 Å². The molecule has 140 valence electrons. The summed E-state index contributed by atoms with van der Waals surface area (Å²) < 4.78 is 0. The highest BCUT2D eigenvalue weighted by Crippen LogP contribution is 2.41. The molecule has 4 nitrogen and oxygen atoms in total. The van der Waals surface area contributed by atoms with Gasteiger partial charge in [-0.15, -0.1) is 11.8 Å². The molecule has 4 rings (SSSR count). The van der Waals surface area contributed by atoms with Crippen molar-refractivity contribution >= 4 is 23.6 Å². The molecule has 0 aromatic heterocycles. The van der Waals surface area contributed by atoms with Crippen LogP contribution in [0.25, 0.3) is 0 Å². The van der Waals surface area contributed by atoms with E-state index in [9.17, 15) is 9.59 Å². The molecule has 26 heavy (non-hydrogen) atoms. The Morgan fingerprint density at radius 2 is 1.96 bits per heavy atom. The van der Waals surface area contributed by atoms with Gasteiger partial charge in [0.2, 0.25) is 11.8 Å². The maximum atomic E-state index is 13.1. The fourth-order valence-corrected chi connectivity index (χ4v) is 4.84. The first-order valence-electron chi connectivity index (χ1n) is 9.80. The fourth-order valence-electron chi connectivity index (χ4n) is 4.43. The van der Waals surface area contributed by atoms with E-state index in [0.717, 1.165) is 50.4 Å². The Morgan fingerprint density at radius 3 is 2.65 bits per heavy atom. The van der Waals surface area contributed by atoms with Crippen molar-refractivity contribution in [1.82, 2.24) is 9.80 Å². The Morgan fingerprint density at radius 1 is 1.19 bits per heavy atom. The van der Waals surface area contributed by atoms with Gasteiger partial charge in [0.25, 0.3) is 0 Å². The third-order valence-electron chi connectivity index (χ3n) is 6.22. The molecule has 1 aromatic rings. The van der Waals surface area contributed by atoms with E-state index in [2.05, 4.69) is 23.3 Å². The lowest BCUT2D eigenvalue weighted by atomic mass is 9.78. The minimum Gasteiger partial charge on any atom is -0.342 e. The number of carbonyl (C=O) groups is 2. The molecule has 0 bridgehead atoms. The van der Waals surface area contributed by atoms with E-state index >= 15 is 0 Å². The molecule has 0 N–H and O–H groups in total. The number of hydrogen-bond acceptors (Lipinski definition) is 3. The highest BCUT2D eigenvalue weighted by Gasteiger charge is 2.49. The van der Waals surface area contributed by atoms with Crippen molar-refractivity contribution in [3.8, 4) is 0 Å². The van der Waals surface area contributed by atoms with E-state index < -0.39 is 0 Å². The first-order chi connectivity index (χ1) is 12.6. The molecular formula is C21H28N2O2S. The highest BCUT2D eigenvalue weighted by molar-refractivity contribution is 7.98. The van der Waals surface area contributed by atoms with Crippen molar-refractivity contribution in [1.29, 1.82) is 0 Å². The molecule has 3 fully saturated rings. The molecule has 5 heteroatoms. The van der Waals surface area contributed by atoms with Crippen LogP contribution in [0.5, 0.6) is 0 Å². The van der Waals surface area contributed by atoms with Crippen molar-refractivity contribution < 1.29 is 9.59 Å². The third kappa shape index (κ3) is 3.64. The monoisotopic (exact) mass is 372 g/mol. The summed E-state index contributed by atoms with van der Waals surface area (Å²) in [6.45, 7) is 3.20. The normalized spacial score (nSPS) is 26.0. The number of nitrogens with zero attached hydrogens (tertiary/aromatic N) is 2. The van der Waals surface area contributed by atoms with E-state index in [1.165, 1.54) is 17.7 Å². The zero-order valence-corrected chi connectivity index (χ0v) is 16.4. The summed E-state index contributed by atoms with van der Waals surface area (Å²) in [6.07, 6.45) is 7.90. The first kappa shape index (κ1) is 17.9. The number of rotatable bonds is 5. The average Bonchev–Trinajstić information content (AvgIpc) is 3.37. The number of carbonyl (C=O) groups excluding carboxylic acids is 2. The number of piperidine rings is 1. The first-order valence-corrected chi connectivity index (χ1v) is 11.0. The molecule has 3 aliphatic rings. The summed E-state index contributed by atoms with van der Waals surface area (Å²) >= 11 is 1.71. The second-order valence-electron chi connectivity index (χ2n) is 8.17. The molecule has 1 saturated carbocycles. The number of amides is 2. The molecule has 2 aliphatic heterocycles. The number of thioether (sulfide) groups is 1. The molecule has 1 atom stereocenters. The van der Waals surface area contributed by atoms with Gasteiger partial charge in [0.1, 0.15) is 0 Å². The Balaban J connectivity index is 1.38. The van der Waals surface area contributed by atoms with E-state index in [1.807, 2.05) is 17.0 Å². The molecule has 2 amide bonds. The standard InChI is InChI=1S/C21H28N2O2S/c1-26-18-7-5-16(6-8-18)13-19(24)23-12-10-21(15-23)9-2-11-22(20(21)25)14-17-3-4-17/h5-8,17H,2-4,9-15H2,1H3/t21-/m1/s1. The van der Waals surface area contributed by atoms with Gasteiger partial charge >= 0.3 is 0 Å². The predicted molar refractivity (Wildman–Crippen MR) is 104 cm³/mol. The van der Waals surface area contributed by atoms with Crippen LogP contribution in [0.1, 0.15) is 37.7 Å². The van der Waals surface area contributed by atoms with Gasteiger partial charge in [0.05, 0.1) is 11.8 Å². The lowest BCUT2D eigenvalue weighted by Crippen LogP contribution is -2.51. The van der Waals surface area contributed by atoms with Gasteiger partial charge in [0, 0.05) is 31.1 Å². The maximum Gasteiger partial charge on any atom is 0.230 e. The molecule has 0 unspecified atom stereocenters. The minimum atomic E-state index is -0.300. The van der Waals surface area contributed by atoms with Gasteiger partial charge in [-0.25, -0.2) is 0 Å². The van der Waals surface area contributed by atoms with Gasteiger partial charge in [-0.05, 0) is 62.0 Å². The Hall–Kier alpha value is -1.49. The SMILES string of the molecule is CSc1ccc(CC(=O)N2CC[C@]3(CCCN(CC4CC4)C3=O)C2)cc1. The van der Waals surface area contributed by atoms with Gasteiger partial charge in [0.15, 0.2) is 0 Å². The summed E-state index contributed by atoms with van der Waals surface area (Å²) in [5.41, 5.74) is 0.755. The van der Waals surface area contributed by atoms with Crippen LogP contribution in [0, 0.1) is 11.3 Å². The van der Waals surface area contributed by atoms with E-state index in [-0.39, 0.29) is 11.3 Å². The lowest BCUT2D eigenvalue weighted by molar-refractivity contribution is -0.146. The summed E-state index contributed by atoms with van der Waals surface area (Å²) in [6, 6.07) is 8.22. The van der Waals surface area contributed by atoms with Crippen molar-refractivity contribution in [2.45, 2.75) is 43.4 Å². The third-order valence-corrected chi connectivity index (χ3v) is 6.96. The average molecular weight is 373 g/mol. The summed E-state index contributed by atoms with van der Waals surface area (Å²) in [7, 11) is 0. The van der Waals surface area contributed by atoms with Crippen LogP contribution in [-0.2, 0) is 16.0 Å². The van der Waals surface area contributed by atoms with Crippen LogP contribution < -0.4 is 0 Å². The lowest BCUT2D eigenvalue weighted by Gasteiger charge is -2.39. The smallest absolute Gasteiger partial charge is 0.230 e. The van der Waals surface area contributed by atoms with Crippen LogP contribution in [0.3, 0.4) is 0 Å². The number of hydrogen-bond donors (Lipinski definition) is 0. The molecule has 1 aliphatic carbocycles. The van der Waals surface area contributed by atoms with Crippen molar-refractivity contribution in [3.63, 3.8) is 0 Å². The van der Waals surface area contributed by atoms with Crippen molar-refractivity contribution in [2.24, 2.45) is 11.3 Å². The van der Waals surface area contributed by atoms with Crippen LogP contribution >= 0.6 is 11.8 Å². The Bertz CT molecular complexity index is 686. The molecule has 0 radical (unpaired) electrons. The van der Waals surface area contributed by atoms with E-state index in [0.29, 0.717) is 18.9 Å². The maximum absolute atomic E-state index is 13.1.